The minimum absolute atomic E-state index is 0.101. The van der Waals surface area contributed by atoms with Gasteiger partial charge in [0.25, 0.3) is 5.91 Å². The van der Waals surface area contributed by atoms with Crippen LogP contribution in [0.4, 0.5) is 5.69 Å². The number of anilines is 1. The average molecular weight is 430 g/mol. The molecule has 3 heterocycles. The second kappa shape index (κ2) is 8.65. The summed E-state index contributed by atoms with van der Waals surface area (Å²) in [7, 11) is 0. The topological polar surface area (TPSA) is 64.0 Å². The zero-order valence-corrected chi connectivity index (χ0v) is 17.4. The van der Waals surface area contributed by atoms with Gasteiger partial charge in [-0.3, -0.25) is 19.7 Å². The minimum Gasteiger partial charge on any atom is -0.486 e. The Balaban J connectivity index is 1.48. The highest BCUT2D eigenvalue weighted by molar-refractivity contribution is 8.19. The summed E-state index contributed by atoms with van der Waals surface area (Å²) in [6, 6.07) is 19.1. The number of carbonyl (C=O) groups is 1. The third-order valence-electron chi connectivity index (χ3n) is 4.80. The van der Waals surface area contributed by atoms with E-state index in [0.717, 1.165) is 22.6 Å². The fourth-order valence-corrected chi connectivity index (χ4v) is 4.31. The number of nitrogens with zero attached hydrogens (tertiary/aromatic N) is 3. The molecule has 0 atom stereocenters. The second-order valence-electron chi connectivity index (χ2n) is 6.95. The molecule has 1 aromatic heterocycles. The van der Waals surface area contributed by atoms with Crippen LogP contribution < -0.4 is 14.4 Å². The summed E-state index contributed by atoms with van der Waals surface area (Å²) in [4.78, 5) is 24.4. The number of aromatic nitrogens is 1. The van der Waals surface area contributed by atoms with Crippen LogP contribution in [0.3, 0.4) is 0 Å². The van der Waals surface area contributed by atoms with Gasteiger partial charge in [-0.15, -0.1) is 0 Å². The number of carbonyl (C=O) groups excluding carboxylic acids is 1. The molecule has 2 aliphatic heterocycles. The molecule has 3 aromatic rings. The number of hydrogen-bond acceptors (Lipinski definition) is 6. The Bertz CT molecular complexity index is 1160. The Morgan fingerprint density at radius 1 is 1.03 bits per heavy atom. The van der Waals surface area contributed by atoms with Crippen molar-refractivity contribution in [1.82, 2.24) is 4.98 Å². The number of benzene rings is 2. The first-order valence-electron chi connectivity index (χ1n) is 9.90. The Labute approximate surface area is 184 Å². The predicted molar refractivity (Wildman–Crippen MR) is 122 cm³/mol. The molecule has 31 heavy (non-hydrogen) atoms. The van der Waals surface area contributed by atoms with Crippen molar-refractivity contribution in [3.8, 4) is 11.5 Å². The molecule has 1 fully saturated rings. The molecule has 0 saturated carbocycles. The van der Waals surface area contributed by atoms with Crippen molar-refractivity contribution in [3.05, 3.63) is 89.1 Å². The molecule has 0 spiro atoms. The second-order valence-corrected chi connectivity index (χ2v) is 7.96. The molecular formula is C24H19N3O3S. The van der Waals surface area contributed by atoms with Crippen LogP contribution in [0, 0.1) is 0 Å². The summed E-state index contributed by atoms with van der Waals surface area (Å²) in [6.45, 7) is 1.52. The number of amides is 1. The van der Waals surface area contributed by atoms with Gasteiger partial charge in [-0.1, -0.05) is 30.3 Å². The number of fused-ring (bicyclic) bond motifs is 1. The van der Waals surface area contributed by atoms with E-state index in [1.165, 1.54) is 11.8 Å². The minimum atomic E-state index is -0.101. The molecule has 0 aliphatic carbocycles. The van der Waals surface area contributed by atoms with Crippen LogP contribution in [0.15, 0.2) is 83.0 Å². The standard InChI is InChI=1S/C24H19N3O3S/c28-23-22(14-17-8-9-20-21(13-17)30-12-11-29-20)31-24(26-16-18-5-4-10-25-15-18)27(23)19-6-2-1-3-7-19/h1-10,13-15H,11-12,16H2/b22-14-,26-24-. The fraction of sp³-hybridized carbons (Fsp3) is 0.125. The largest absolute Gasteiger partial charge is 0.486 e. The van der Waals surface area contributed by atoms with Crippen molar-refractivity contribution in [2.75, 3.05) is 18.1 Å². The van der Waals surface area contributed by atoms with Crippen molar-refractivity contribution < 1.29 is 14.3 Å². The van der Waals surface area contributed by atoms with Gasteiger partial charge in [0, 0.05) is 12.4 Å². The summed E-state index contributed by atoms with van der Waals surface area (Å²) in [5.41, 5.74) is 2.65. The highest BCUT2D eigenvalue weighted by atomic mass is 32.2. The molecule has 2 aromatic carbocycles. The Morgan fingerprint density at radius 2 is 1.87 bits per heavy atom. The predicted octanol–water partition coefficient (Wildman–Crippen LogP) is 4.53. The average Bonchev–Trinajstić information content (AvgIpc) is 3.13. The van der Waals surface area contributed by atoms with E-state index in [2.05, 4.69) is 4.98 Å². The third kappa shape index (κ3) is 4.18. The van der Waals surface area contributed by atoms with Gasteiger partial charge in [0.05, 0.1) is 17.1 Å². The maximum absolute atomic E-state index is 13.3. The number of ether oxygens (including phenoxy) is 2. The number of aliphatic imine (C=N–C) groups is 1. The summed E-state index contributed by atoms with van der Waals surface area (Å²) in [5.74, 6) is 1.32. The fourth-order valence-electron chi connectivity index (χ4n) is 3.34. The van der Waals surface area contributed by atoms with Gasteiger partial charge in [-0.05, 0) is 59.3 Å². The molecule has 154 valence electrons. The van der Waals surface area contributed by atoms with Gasteiger partial charge < -0.3 is 9.47 Å². The SMILES string of the molecule is O=C1/C(=C/c2ccc3c(c2)OCCO3)S/C(=N\Cc2cccnc2)N1c1ccccc1. The smallest absolute Gasteiger partial charge is 0.271 e. The quantitative estimate of drug-likeness (QED) is 0.570. The summed E-state index contributed by atoms with van der Waals surface area (Å²) >= 11 is 1.37. The normalized spacial score (nSPS) is 18.1. The third-order valence-corrected chi connectivity index (χ3v) is 5.81. The van der Waals surface area contributed by atoms with Crippen molar-refractivity contribution in [1.29, 1.82) is 0 Å². The number of hydrogen-bond donors (Lipinski definition) is 0. The molecule has 6 nitrogen and oxygen atoms in total. The monoisotopic (exact) mass is 429 g/mol. The van der Waals surface area contributed by atoms with E-state index in [-0.39, 0.29) is 5.91 Å². The molecule has 0 bridgehead atoms. The van der Waals surface area contributed by atoms with Crippen molar-refractivity contribution in [2.24, 2.45) is 4.99 Å². The van der Waals surface area contributed by atoms with Crippen molar-refractivity contribution in [2.45, 2.75) is 6.54 Å². The molecule has 0 unspecified atom stereocenters. The van der Waals surface area contributed by atoms with Gasteiger partial charge >= 0.3 is 0 Å². The maximum Gasteiger partial charge on any atom is 0.271 e. The van der Waals surface area contributed by atoms with E-state index in [0.29, 0.717) is 35.6 Å². The lowest BCUT2D eigenvalue weighted by Gasteiger charge is -2.18. The molecule has 2 aliphatic rings. The Hall–Kier alpha value is -3.58. The highest BCUT2D eigenvalue weighted by Gasteiger charge is 2.34. The summed E-state index contributed by atoms with van der Waals surface area (Å²) in [5, 5.41) is 0.642. The molecule has 7 heteroatoms. The van der Waals surface area contributed by atoms with Crippen LogP contribution in [0.2, 0.25) is 0 Å². The van der Waals surface area contributed by atoms with Gasteiger partial charge in [0.2, 0.25) is 0 Å². The van der Waals surface area contributed by atoms with E-state index in [4.69, 9.17) is 14.5 Å². The summed E-state index contributed by atoms with van der Waals surface area (Å²) < 4.78 is 11.3. The molecule has 0 N–H and O–H groups in total. The first-order valence-corrected chi connectivity index (χ1v) is 10.7. The lowest BCUT2D eigenvalue weighted by Crippen LogP contribution is -2.28. The van der Waals surface area contributed by atoms with Gasteiger partial charge in [-0.2, -0.15) is 0 Å². The van der Waals surface area contributed by atoms with Crippen molar-refractivity contribution in [3.63, 3.8) is 0 Å². The van der Waals surface area contributed by atoms with Gasteiger partial charge in [-0.25, -0.2) is 0 Å². The first-order chi connectivity index (χ1) is 15.3. The molecule has 5 rings (SSSR count). The van der Waals surface area contributed by atoms with E-state index in [9.17, 15) is 4.79 Å². The van der Waals surface area contributed by atoms with Gasteiger partial charge in [0.1, 0.15) is 13.2 Å². The zero-order valence-electron chi connectivity index (χ0n) is 16.6. The molecular weight excluding hydrogens is 410 g/mol. The number of para-hydroxylation sites is 1. The molecule has 0 radical (unpaired) electrons. The number of amidine groups is 1. The van der Waals surface area contributed by atoms with Crippen LogP contribution in [-0.2, 0) is 11.3 Å². The van der Waals surface area contributed by atoms with Crippen LogP contribution in [0.5, 0.6) is 11.5 Å². The lowest BCUT2D eigenvalue weighted by molar-refractivity contribution is -0.113. The van der Waals surface area contributed by atoms with Crippen molar-refractivity contribution >= 4 is 34.6 Å². The maximum atomic E-state index is 13.3. The lowest BCUT2D eigenvalue weighted by atomic mass is 10.1. The van der Waals surface area contributed by atoms with Crippen LogP contribution >= 0.6 is 11.8 Å². The molecule has 1 saturated heterocycles. The Kier molecular flexibility index (Phi) is 5.41. The summed E-state index contributed by atoms with van der Waals surface area (Å²) in [6.07, 6.45) is 5.38. The highest BCUT2D eigenvalue weighted by Crippen LogP contribution is 2.37. The van der Waals surface area contributed by atoms with E-state index < -0.39 is 0 Å². The van der Waals surface area contributed by atoms with Crippen LogP contribution in [-0.4, -0.2) is 29.3 Å². The Morgan fingerprint density at radius 3 is 2.68 bits per heavy atom. The zero-order chi connectivity index (χ0) is 21.0. The molecule has 1 amide bonds. The number of pyridine rings is 1. The first kappa shape index (κ1) is 19.4. The van der Waals surface area contributed by atoms with E-state index in [1.54, 1.807) is 17.3 Å². The number of rotatable bonds is 4. The van der Waals surface area contributed by atoms with Crippen LogP contribution in [0.1, 0.15) is 11.1 Å². The number of thioether (sulfide) groups is 1. The van der Waals surface area contributed by atoms with E-state index in [1.807, 2.05) is 66.7 Å². The van der Waals surface area contributed by atoms with Gasteiger partial charge in [0.15, 0.2) is 16.7 Å². The van der Waals surface area contributed by atoms with Crippen LogP contribution in [0.25, 0.3) is 6.08 Å². The van der Waals surface area contributed by atoms with E-state index >= 15 is 0 Å².